The van der Waals surface area contributed by atoms with Gasteiger partial charge in [0, 0.05) is 11.1 Å². The molecule has 0 spiro atoms. The lowest BCUT2D eigenvalue weighted by Gasteiger charge is -2.05. The van der Waals surface area contributed by atoms with Crippen LogP contribution in [0.2, 0.25) is 0 Å². The summed E-state index contributed by atoms with van der Waals surface area (Å²) in [4.78, 5) is 8.82. The van der Waals surface area contributed by atoms with Crippen LogP contribution in [0.25, 0.3) is 33.0 Å². The quantitative estimate of drug-likeness (QED) is 0.372. The van der Waals surface area contributed by atoms with Crippen molar-refractivity contribution < 1.29 is 12.8 Å². The summed E-state index contributed by atoms with van der Waals surface area (Å²) in [5, 5.41) is 0.338. The summed E-state index contributed by atoms with van der Waals surface area (Å²) in [5.74, 6) is 1.08. The van der Waals surface area contributed by atoms with Gasteiger partial charge in [-0.05, 0) is 48.9 Å². The minimum absolute atomic E-state index is 0.140. The van der Waals surface area contributed by atoms with Crippen LogP contribution in [0.1, 0.15) is 5.56 Å². The van der Waals surface area contributed by atoms with E-state index in [1.807, 2.05) is 55.5 Å². The van der Waals surface area contributed by atoms with Crippen molar-refractivity contribution in [3.63, 3.8) is 0 Å². The Morgan fingerprint density at radius 3 is 2.48 bits per heavy atom. The molecule has 0 bridgehead atoms. The third kappa shape index (κ3) is 3.95. The first-order valence-corrected chi connectivity index (χ1v) is 11.8. The second-order valence-corrected chi connectivity index (χ2v) is 9.73. The van der Waals surface area contributed by atoms with E-state index in [1.165, 1.54) is 23.5 Å². The molecule has 6 nitrogen and oxygen atoms in total. The van der Waals surface area contributed by atoms with Gasteiger partial charge in [0.2, 0.25) is 5.89 Å². The van der Waals surface area contributed by atoms with Gasteiger partial charge in [0.1, 0.15) is 0 Å². The summed E-state index contributed by atoms with van der Waals surface area (Å²) in [7, 11) is -3.76. The largest absolute Gasteiger partial charge is 0.436 e. The molecule has 8 heteroatoms. The molecule has 0 aliphatic carbocycles. The standard InChI is InChI=1S/C23H17N3O3S2/c1-15-7-12-19-21(13-15)30-23(25-19)26-31(27,28)18-10-8-17(9-11-18)22-24-14-20(29-22)16-5-3-2-4-6-16/h2-14H,1H3,(H,25,26). The molecular formula is C23H17N3O3S2. The number of fused-ring (bicyclic) bond motifs is 1. The maximum absolute atomic E-state index is 12.8. The SMILES string of the molecule is Cc1ccc2nc(NS(=O)(=O)c3ccc(-c4ncc(-c5ccccc5)o4)cc3)sc2c1. The zero-order valence-corrected chi connectivity index (χ0v) is 18.1. The smallest absolute Gasteiger partial charge is 0.263 e. The van der Waals surface area contributed by atoms with Crippen LogP contribution >= 0.6 is 11.3 Å². The van der Waals surface area contributed by atoms with E-state index in [2.05, 4.69) is 14.7 Å². The van der Waals surface area contributed by atoms with Gasteiger partial charge in [-0.2, -0.15) is 0 Å². The number of nitrogens with one attached hydrogen (secondary N) is 1. The average Bonchev–Trinajstić information content (AvgIpc) is 3.41. The molecule has 0 saturated heterocycles. The normalized spacial score (nSPS) is 11.6. The molecule has 0 atom stereocenters. The van der Waals surface area contributed by atoms with Crippen LogP contribution in [0.4, 0.5) is 5.13 Å². The number of aryl methyl sites for hydroxylation is 1. The topological polar surface area (TPSA) is 85.1 Å². The molecule has 31 heavy (non-hydrogen) atoms. The number of thiazole rings is 1. The number of nitrogens with zero attached hydrogens (tertiary/aromatic N) is 2. The average molecular weight is 448 g/mol. The number of rotatable bonds is 5. The molecule has 2 heterocycles. The maximum atomic E-state index is 12.8. The van der Waals surface area contributed by atoms with Gasteiger partial charge < -0.3 is 4.42 Å². The fourth-order valence-electron chi connectivity index (χ4n) is 3.17. The summed E-state index contributed by atoms with van der Waals surface area (Å²) in [5.41, 5.74) is 3.48. The minimum Gasteiger partial charge on any atom is -0.436 e. The molecule has 5 aromatic rings. The highest BCUT2D eigenvalue weighted by molar-refractivity contribution is 7.93. The Morgan fingerprint density at radius 1 is 0.935 bits per heavy atom. The molecule has 5 rings (SSSR count). The van der Waals surface area contributed by atoms with Crippen molar-refractivity contribution in [2.45, 2.75) is 11.8 Å². The number of hydrogen-bond donors (Lipinski definition) is 1. The lowest BCUT2D eigenvalue weighted by molar-refractivity contribution is 0.588. The second-order valence-electron chi connectivity index (χ2n) is 7.02. The fourth-order valence-corrected chi connectivity index (χ4v) is 5.37. The van der Waals surface area contributed by atoms with Crippen LogP contribution in [0, 0.1) is 6.92 Å². The lowest BCUT2D eigenvalue weighted by atomic mass is 10.2. The number of oxazole rings is 1. The molecule has 0 unspecified atom stereocenters. The van der Waals surface area contributed by atoms with E-state index in [9.17, 15) is 8.42 Å². The van der Waals surface area contributed by atoms with Crippen molar-refractivity contribution in [1.29, 1.82) is 0 Å². The summed E-state index contributed by atoms with van der Waals surface area (Å²) in [6, 6.07) is 21.9. The number of aromatic nitrogens is 2. The van der Waals surface area contributed by atoms with E-state index in [0.717, 1.165) is 21.3 Å². The second kappa shape index (κ2) is 7.64. The molecule has 0 aliphatic rings. The number of anilines is 1. The van der Waals surface area contributed by atoms with Gasteiger partial charge in [-0.25, -0.2) is 18.4 Å². The van der Waals surface area contributed by atoms with Crippen molar-refractivity contribution in [2.75, 3.05) is 4.72 Å². The van der Waals surface area contributed by atoms with E-state index in [1.54, 1.807) is 18.3 Å². The van der Waals surface area contributed by atoms with Gasteiger partial charge in [0.15, 0.2) is 10.9 Å². The Bertz CT molecular complexity index is 1470. The van der Waals surface area contributed by atoms with Crippen LogP contribution in [-0.4, -0.2) is 18.4 Å². The Balaban J connectivity index is 1.38. The number of benzene rings is 3. The summed E-state index contributed by atoms with van der Waals surface area (Å²) < 4.78 is 34.9. The summed E-state index contributed by atoms with van der Waals surface area (Å²) >= 11 is 1.31. The zero-order chi connectivity index (χ0) is 21.4. The van der Waals surface area contributed by atoms with Crippen molar-refractivity contribution in [2.24, 2.45) is 0 Å². The molecule has 0 radical (unpaired) electrons. The van der Waals surface area contributed by atoms with Gasteiger partial charge >= 0.3 is 0 Å². The number of sulfonamides is 1. The predicted octanol–water partition coefficient (Wildman–Crippen LogP) is 5.73. The van der Waals surface area contributed by atoms with E-state index in [4.69, 9.17) is 4.42 Å². The van der Waals surface area contributed by atoms with Gasteiger partial charge in [0.05, 0.1) is 21.3 Å². The first kappa shape index (κ1) is 19.5. The summed E-state index contributed by atoms with van der Waals surface area (Å²) in [6.07, 6.45) is 1.66. The molecule has 0 aliphatic heterocycles. The predicted molar refractivity (Wildman–Crippen MR) is 123 cm³/mol. The molecule has 154 valence electrons. The lowest BCUT2D eigenvalue weighted by Crippen LogP contribution is -2.12. The molecule has 2 aromatic heterocycles. The van der Waals surface area contributed by atoms with Gasteiger partial charge in [-0.1, -0.05) is 47.7 Å². The summed E-state index contributed by atoms with van der Waals surface area (Å²) in [6.45, 7) is 1.99. The van der Waals surface area contributed by atoms with Crippen LogP contribution in [0.5, 0.6) is 0 Å². The van der Waals surface area contributed by atoms with Crippen LogP contribution in [0.15, 0.2) is 88.3 Å². The third-order valence-corrected chi connectivity index (χ3v) is 7.16. The fraction of sp³-hybridized carbons (Fsp3) is 0.0435. The monoisotopic (exact) mass is 447 g/mol. The van der Waals surface area contributed by atoms with E-state index in [-0.39, 0.29) is 4.90 Å². The minimum atomic E-state index is -3.76. The highest BCUT2D eigenvalue weighted by Crippen LogP contribution is 2.30. The molecule has 0 amide bonds. The Labute approximate surface area is 183 Å². The highest BCUT2D eigenvalue weighted by atomic mass is 32.2. The van der Waals surface area contributed by atoms with E-state index in [0.29, 0.717) is 22.3 Å². The van der Waals surface area contributed by atoms with Gasteiger partial charge in [-0.15, -0.1) is 0 Å². The Kier molecular flexibility index (Phi) is 4.80. The maximum Gasteiger partial charge on any atom is 0.263 e. The molecule has 1 N–H and O–H groups in total. The van der Waals surface area contributed by atoms with Gasteiger partial charge in [-0.3, -0.25) is 4.72 Å². The first-order chi connectivity index (χ1) is 15.0. The Hall–Kier alpha value is -3.49. The van der Waals surface area contributed by atoms with Crippen LogP contribution < -0.4 is 4.72 Å². The third-order valence-electron chi connectivity index (χ3n) is 4.74. The van der Waals surface area contributed by atoms with Crippen LogP contribution in [-0.2, 0) is 10.0 Å². The molecular weight excluding hydrogens is 430 g/mol. The van der Waals surface area contributed by atoms with Crippen molar-refractivity contribution in [3.05, 3.63) is 84.6 Å². The van der Waals surface area contributed by atoms with E-state index >= 15 is 0 Å². The highest BCUT2D eigenvalue weighted by Gasteiger charge is 2.17. The van der Waals surface area contributed by atoms with Crippen molar-refractivity contribution in [1.82, 2.24) is 9.97 Å². The molecule has 3 aromatic carbocycles. The molecule has 0 fully saturated rings. The Morgan fingerprint density at radius 2 is 1.71 bits per heavy atom. The number of hydrogen-bond acceptors (Lipinski definition) is 6. The molecule has 0 saturated carbocycles. The zero-order valence-electron chi connectivity index (χ0n) is 16.4. The van der Waals surface area contributed by atoms with Gasteiger partial charge in [0.25, 0.3) is 10.0 Å². The first-order valence-electron chi connectivity index (χ1n) is 9.50. The van der Waals surface area contributed by atoms with Crippen LogP contribution in [0.3, 0.4) is 0 Å². The van der Waals surface area contributed by atoms with Crippen molar-refractivity contribution >= 4 is 36.7 Å². The van der Waals surface area contributed by atoms with Crippen molar-refractivity contribution in [3.8, 4) is 22.8 Å². The van der Waals surface area contributed by atoms with E-state index < -0.39 is 10.0 Å².